The fraction of sp³-hybridized carbons (Fsp3) is 0.294. The van der Waals surface area contributed by atoms with Crippen LogP contribution in [-0.2, 0) is 11.3 Å². The van der Waals surface area contributed by atoms with Crippen molar-refractivity contribution < 1.29 is 9.84 Å². The zero-order valence-electron chi connectivity index (χ0n) is 12.3. The first kappa shape index (κ1) is 15.2. The highest BCUT2D eigenvalue weighted by Crippen LogP contribution is 2.30. The monoisotopic (exact) mass is 318 g/mol. The smallest absolute Gasteiger partial charge is 0.134 e. The van der Waals surface area contributed by atoms with Gasteiger partial charge in [0, 0.05) is 13.1 Å². The molecule has 5 heteroatoms. The van der Waals surface area contributed by atoms with Crippen molar-refractivity contribution in [3.63, 3.8) is 0 Å². The second-order valence-electron chi connectivity index (χ2n) is 5.24. The van der Waals surface area contributed by atoms with Crippen molar-refractivity contribution in [3.05, 3.63) is 59.1 Å². The molecule has 0 amide bonds. The van der Waals surface area contributed by atoms with E-state index in [0.717, 1.165) is 38.5 Å². The average Bonchev–Trinajstić information content (AvgIpc) is 2.57. The van der Waals surface area contributed by atoms with Gasteiger partial charge in [0.15, 0.2) is 0 Å². The van der Waals surface area contributed by atoms with Gasteiger partial charge in [-0.15, -0.1) is 0 Å². The molecule has 1 aliphatic rings. The Balaban J connectivity index is 1.89. The molecule has 0 saturated carbocycles. The number of phenols is 1. The van der Waals surface area contributed by atoms with E-state index in [1.807, 2.05) is 24.3 Å². The number of anilines is 1. The van der Waals surface area contributed by atoms with Crippen LogP contribution in [0.2, 0.25) is 5.02 Å². The van der Waals surface area contributed by atoms with Gasteiger partial charge in [-0.3, -0.25) is 0 Å². The van der Waals surface area contributed by atoms with Gasteiger partial charge in [0.25, 0.3) is 0 Å². The molecule has 0 bridgehead atoms. The van der Waals surface area contributed by atoms with Gasteiger partial charge >= 0.3 is 0 Å². The van der Waals surface area contributed by atoms with Crippen LogP contribution in [-0.4, -0.2) is 36.4 Å². The van der Waals surface area contributed by atoms with Crippen LogP contribution in [0.4, 0.5) is 5.69 Å². The minimum Gasteiger partial charge on any atom is -0.506 e. The summed E-state index contributed by atoms with van der Waals surface area (Å²) in [6.45, 7) is 3.87. The highest BCUT2D eigenvalue weighted by atomic mass is 35.5. The van der Waals surface area contributed by atoms with Gasteiger partial charge in [-0.05, 0) is 23.8 Å². The lowest BCUT2D eigenvalue weighted by atomic mass is 10.2. The molecule has 1 fully saturated rings. The number of phenolic OH excluding ortho intramolecular Hbond substituents is 1. The van der Waals surface area contributed by atoms with E-state index in [1.165, 1.54) is 5.56 Å². The molecule has 0 aromatic heterocycles. The van der Waals surface area contributed by atoms with Crippen LogP contribution in [0.3, 0.4) is 0 Å². The number of hydrazine groups is 1. The fourth-order valence-corrected chi connectivity index (χ4v) is 2.74. The Bertz CT molecular complexity index is 615. The van der Waals surface area contributed by atoms with Gasteiger partial charge in [-0.2, -0.15) is 0 Å². The second-order valence-corrected chi connectivity index (χ2v) is 5.65. The molecule has 0 unspecified atom stereocenters. The zero-order valence-corrected chi connectivity index (χ0v) is 13.0. The Labute approximate surface area is 135 Å². The molecule has 1 heterocycles. The molecule has 4 nitrogen and oxygen atoms in total. The molecule has 1 aliphatic heterocycles. The molecular formula is C17H19ClN2O2. The van der Waals surface area contributed by atoms with Crippen molar-refractivity contribution in [2.24, 2.45) is 0 Å². The molecule has 0 aliphatic carbocycles. The van der Waals surface area contributed by atoms with Crippen LogP contribution >= 0.6 is 11.6 Å². The number of hydrogen-bond acceptors (Lipinski definition) is 4. The van der Waals surface area contributed by atoms with Crippen LogP contribution in [0.1, 0.15) is 5.56 Å². The summed E-state index contributed by atoms with van der Waals surface area (Å²) < 4.78 is 5.44. The minimum absolute atomic E-state index is 0.104. The van der Waals surface area contributed by atoms with Crippen molar-refractivity contribution in [3.8, 4) is 5.75 Å². The Morgan fingerprint density at radius 2 is 1.82 bits per heavy atom. The molecule has 2 aromatic rings. The summed E-state index contributed by atoms with van der Waals surface area (Å²) in [6.07, 6.45) is 0. The molecule has 22 heavy (non-hydrogen) atoms. The molecule has 0 atom stereocenters. The van der Waals surface area contributed by atoms with Gasteiger partial charge in [0.2, 0.25) is 0 Å². The van der Waals surface area contributed by atoms with Gasteiger partial charge in [-0.1, -0.05) is 41.9 Å². The third kappa shape index (κ3) is 3.53. The van der Waals surface area contributed by atoms with E-state index in [9.17, 15) is 5.11 Å². The highest BCUT2D eigenvalue weighted by molar-refractivity contribution is 6.32. The molecule has 1 N–H and O–H groups in total. The summed E-state index contributed by atoms with van der Waals surface area (Å²) in [5, 5.41) is 14.5. The maximum atomic E-state index is 9.64. The number of morpholine rings is 1. The molecule has 116 valence electrons. The lowest BCUT2D eigenvalue weighted by Crippen LogP contribution is -2.48. The number of hydrogen-bond donors (Lipinski definition) is 1. The molecule has 1 saturated heterocycles. The lowest BCUT2D eigenvalue weighted by Gasteiger charge is -2.39. The third-order valence-electron chi connectivity index (χ3n) is 3.73. The minimum atomic E-state index is 0.104. The molecule has 2 aromatic carbocycles. The number of rotatable bonds is 4. The summed E-state index contributed by atoms with van der Waals surface area (Å²) in [5.41, 5.74) is 2.19. The van der Waals surface area contributed by atoms with Crippen LogP contribution < -0.4 is 5.01 Å². The standard InChI is InChI=1S/C17H19ClN2O2/c18-16-12-15(6-7-17(16)21)20(19-8-10-22-11-9-19)13-14-4-2-1-3-5-14/h1-7,12,21H,8-11,13H2. The van der Waals surface area contributed by atoms with Gasteiger partial charge in [-0.25, -0.2) is 5.01 Å². The van der Waals surface area contributed by atoms with Gasteiger partial charge < -0.3 is 14.9 Å². The first-order valence-electron chi connectivity index (χ1n) is 7.36. The van der Waals surface area contributed by atoms with Crippen molar-refractivity contribution in [1.82, 2.24) is 5.01 Å². The number of halogens is 1. The van der Waals surface area contributed by atoms with Crippen molar-refractivity contribution in [2.45, 2.75) is 6.54 Å². The van der Waals surface area contributed by atoms with E-state index >= 15 is 0 Å². The zero-order chi connectivity index (χ0) is 15.4. The summed E-state index contributed by atoms with van der Waals surface area (Å²) in [5.74, 6) is 0.104. The van der Waals surface area contributed by atoms with Crippen LogP contribution in [0.15, 0.2) is 48.5 Å². The number of ether oxygens (including phenoxy) is 1. The highest BCUT2D eigenvalue weighted by Gasteiger charge is 2.20. The maximum absolute atomic E-state index is 9.64. The van der Waals surface area contributed by atoms with E-state index in [4.69, 9.17) is 16.3 Å². The van der Waals surface area contributed by atoms with Crippen molar-refractivity contribution in [1.29, 1.82) is 0 Å². The average molecular weight is 319 g/mol. The SMILES string of the molecule is Oc1ccc(N(Cc2ccccc2)N2CCOCC2)cc1Cl. The molecule has 0 radical (unpaired) electrons. The molecule has 3 rings (SSSR count). The van der Waals surface area contributed by atoms with E-state index < -0.39 is 0 Å². The van der Waals surface area contributed by atoms with Gasteiger partial charge in [0.05, 0.1) is 30.5 Å². The number of nitrogens with zero attached hydrogens (tertiary/aromatic N) is 2. The summed E-state index contributed by atoms with van der Waals surface area (Å²) in [7, 11) is 0. The lowest BCUT2D eigenvalue weighted by molar-refractivity contribution is 0.0307. The largest absolute Gasteiger partial charge is 0.506 e. The summed E-state index contributed by atoms with van der Waals surface area (Å²) >= 11 is 6.08. The molecule has 0 spiro atoms. The quantitative estimate of drug-likeness (QED) is 0.938. The summed E-state index contributed by atoms with van der Waals surface area (Å²) in [4.78, 5) is 0. The second kappa shape index (κ2) is 7.01. The Morgan fingerprint density at radius 3 is 2.50 bits per heavy atom. The Morgan fingerprint density at radius 1 is 1.09 bits per heavy atom. The number of aromatic hydroxyl groups is 1. The summed E-state index contributed by atoms with van der Waals surface area (Å²) in [6, 6.07) is 15.6. The number of benzene rings is 2. The third-order valence-corrected chi connectivity index (χ3v) is 4.04. The van der Waals surface area contributed by atoms with Crippen LogP contribution in [0.25, 0.3) is 0 Å². The van der Waals surface area contributed by atoms with Crippen LogP contribution in [0.5, 0.6) is 5.75 Å². The Kier molecular flexibility index (Phi) is 4.83. The molecular weight excluding hydrogens is 300 g/mol. The topological polar surface area (TPSA) is 35.9 Å². The predicted molar refractivity (Wildman–Crippen MR) is 88.1 cm³/mol. The Hall–Kier alpha value is -1.75. The van der Waals surface area contributed by atoms with E-state index in [2.05, 4.69) is 22.2 Å². The predicted octanol–water partition coefficient (Wildman–Crippen LogP) is 3.30. The normalized spacial score (nSPS) is 15.7. The van der Waals surface area contributed by atoms with E-state index in [1.54, 1.807) is 12.1 Å². The van der Waals surface area contributed by atoms with Crippen molar-refractivity contribution >= 4 is 17.3 Å². The first-order chi connectivity index (χ1) is 10.7. The first-order valence-corrected chi connectivity index (χ1v) is 7.74. The maximum Gasteiger partial charge on any atom is 0.134 e. The van der Waals surface area contributed by atoms with Gasteiger partial charge in [0.1, 0.15) is 5.75 Å². The van der Waals surface area contributed by atoms with E-state index in [0.29, 0.717) is 5.02 Å². The fourth-order valence-electron chi connectivity index (χ4n) is 2.56. The van der Waals surface area contributed by atoms with Crippen molar-refractivity contribution in [2.75, 3.05) is 31.3 Å². The van der Waals surface area contributed by atoms with E-state index in [-0.39, 0.29) is 5.75 Å². The van der Waals surface area contributed by atoms with Crippen LogP contribution in [0, 0.1) is 0 Å².